The van der Waals surface area contributed by atoms with Gasteiger partial charge in [-0.2, -0.15) is 5.26 Å². The summed E-state index contributed by atoms with van der Waals surface area (Å²) < 4.78 is 27.5. The molecule has 5 nitrogen and oxygen atoms in total. The minimum Gasteiger partial charge on any atom is -0.316 e. The first kappa shape index (κ1) is 15.0. The van der Waals surface area contributed by atoms with Gasteiger partial charge in [-0.1, -0.05) is 6.92 Å². The van der Waals surface area contributed by atoms with Gasteiger partial charge < -0.3 is 5.32 Å². The Balaban J connectivity index is 2.22. The maximum Gasteiger partial charge on any atom is 0.240 e. The molecule has 1 aliphatic rings. The summed E-state index contributed by atoms with van der Waals surface area (Å²) in [6.07, 6.45) is 0.787. The summed E-state index contributed by atoms with van der Waals surface area (Å²) in [5, 5.41) is 12.1. The third kappa shape index (κ3) is 3.18. The van der Waals surface area contributed by atoms with Crippen molar-refractivity contribution in [3.05, 3.63) is 29.3 Å². The Morgan fingerprint density at radius 2 is 2.20 bits per heavy atom. The third-order valence-corrected chi connectivity index (χ3v) is 5.21. The van der Waals surface area contributed by atoms with Crippen LogP contribution in [0.15, 0.2) is 23.1 Å². The number of rotatable bonds is 3. The largest absolute Gasteiger partial charge is 0.316 e. The van der Waals surface area contributed by atoms with E-state index in [1.54, 1.807) is 19.1 Å². The summed E-state index contributed by atoms with van der Waals surface area (Å²) in [5.41, 5.74) is 1.17. The summed E-state index contributed by atoms with van der Waals surface area (Å²) in [6.45, 7) is 5.41. The number of hydrogen-bond acceptors (Lipinski definition) is 4. The fourth-order valence-electron chi connectivity index (χ4n) is 2.39. The molecule has 2 N–H and O–H groups in total. The van der Waals surface area contributed by atoms with Crippen molar-refractivity contribution in [2.45, 2.75) is 31.2 Å². The Hall–Kier alpha value is -1.42. The van der Waals surface area contributed by atoms with Gasteiger partial charge in [-0.25, -0.2) is 13.1 Å². The van der Waals surface area contributed by atoms with Crippen molar-refractivity contribution in [3.8, 4) is 6.07 Å². The molecule has 1 saturated heterocycles. The zero-order valence-electron chi connectivity index (χ0n) is 11.7. The molecule has 1 aliphatic heterocycles. The Morgan fingerprint density at radius 1 is 1.45 bits per heavy atom. The van der Waals surface area contributed by atoms with Crippen molar-refractivity contribution < 1.29 is 8.42 Å². The van der Waals surface area contributed by atoms with Crippen molar-refractivity contribution in [2.24, 2.45) is 5.92 Å². The Morgan fingerprint density at radius 3 is 2.80 bits per heavy atom. The lowest BCUT2D eigenvalue weighted by atomic mass is 9.97. The molecule has 0 spiro atoms. The van der Waals surface area contributed by atoms with E-state index in [0.717, 1.165) is 19.5 Å². The van der Waals surface area contributed by atoms with Crippen molar-refractivity contribution in [1.82, 2.24) is 10.0 Å². The van der Waals surface area contributed by atoms with Crippen molar-refractivity contribution >= 4 is 10.0 Å². The quantitative estimate of drug-likeness (QED) is 0.875. The lowest BCUT2D eigenvalue weighted by molar-refractivity contribution is 0.328. The minimum absolute atomic E-state index is 0.0443. The lowest BCUT2D eigenvalue weighted by Crippen LogP contribution is -2.48. The molecule has 6 heteroatoms. The normalized spacial score (nSPS) is 23.2. The number of benzene rings is 1. The van der Waals surface area contributed by atoms with Crippen LogP contribution in [-0.2, 0) is 10.0 Å². The molecule has 1 aromatic rings. The molecular formula is C14H19N3O2S. The highest BCUT2D eigenvalue weighted by atomic mass is 32.2. The number of nitrogens with one attached hydrogen (secondary N) is 2. The van der Waals surface area contributed by atoms with E-state index in [2.05, 4.69) is 10.0 Å². The summed E-state index contributed by atoms with van der Waals surface area (Å²) in [5.74, 6) is 0.262. The number of nitrogens with zero attached hydrogens (tertiary/aromatic N) is 1. The molecule has 0 saturated carbocycles. The molecule has 0 radical (unpaired) electrons. The van der Waals surface area contributed by atoms with E-state index < -0.39 is 10.0 Å². The average Bonchev–Trinajstić information content (AvgIpc) is 2.41. The van der Waals surface area contributed by atoms with E-state index >= 15 is 0 Å². The molecular weight excluding hydrogens is 274 g/mol. The van der Waals surface area contributed by atoms with Gasteiger partial charge in [0.25, 0.3) is 0 Å². The standard InChI is InChI=1S/C14H19N3O2S/c1-10-7-13(4-3-12(10)8-15)20(18,19)17-14-5-6-16-9-11(14)2/h3-4,7,11,14,16-17H,5-6,9H2,1-2H3. The van der Waals surface area contributed by atoms with Crippen molar-refractivity contribution in [1.29, 1.82) is 5.26 Å². The Kier molecular flexibility index (Phi) is 4.43. The van der Waals surface area contributed by atoms with E-state index in [-0.39, 0.29) is 16.9 Å². The van der Waals surface area contributed by atoms with Crippen molar-refractivity contribution in [2.75, 3.05) is 13.1 Å². The Labute approximate surface area is 120 Å². The molecule has 0 bridgehead atoms. The first-order valence-corrected chi connectivity index (χ1v) is 8.16. The van der Waals surface area contributed by atoms with Gasteiger partial charge in [0.2, 0.25) is 10.0 Å². The van der Waals surface area contributed by atoms with Crippen LogP contribution >= 0.6 is 0 Å². The molecule has 108 valence electrons. The number of sulfonamides is 1. The van der Waals surface area contributed by atoms with Crippen LogP contribution in [0.5, 0.6) is 0 Å². The minimum atomic E-state index is -3.53. The number of hydrogen-bond donors (Lipinski definition) is 2. The average molecular weight is 293 g/mol. The van der Waals surface area contributed by atoms with Crippen LogP contribution in [0.4, 0.5) is 0 Å². The SMILES string of the molecule is Cc1cc(S(=O)(=O)NC2CCNCC2C)ccc1C#N. The van der Waals surface area contributed by atoms with Gasteiger partial charge in [0.1, 0.15) is 0 Å². The van der Waals surface area contributed by atoms with Crippen LogP contribution in [0.25, 0.3) is 0 Å². The van der Waals surface area contributed by atoms with E-state index in [4.69, 9.17) is 5.26 Å². The maximum atomic E-state index is 12.4. The summed E-state index contributed by atoms with van der Waals surface area (Å²) >= 11 is 0. The fraction of sp³-hybridized carbons (Fsp3) is 0.500. The number of nitriles is 1. The van der Waals surface area contributed by atoms with Crippen molar-refractivity contribution in [3.63, 3.8) is 0 Å². The lowest BCUT2D eigenvalue weighted by Gasteiger charge is -2.30. The van der Waals surface area contributed by atoms with E-state index in [1.807, 2.05) is 13.0 Å². The van der Waals surface area contributed by atoms with Gasteiger partial charge in [-0.15, -0.1) is 0 Å². The van der Waals surface area contributed by atoms with Crippen LogP contribution in [0.2, 0.25) is 0 Å². The van der Waals surface area contributed by atoms with Crippen LogP contribution < -0.4 is 10.0 Å². The Bertz CT molecular complexity index is 634. The van der Waals surface area contributed by atoms with Crippen LogP contribution in [0.3, 0.4) is 0 Å². The fourth-order valence-corrected chi connectivity index (χ4v) is 3.85. The highest BCUT2D eigenvalue weighted by Gasteiger charge is 2.26. The molecule has 0 amide bonds. The summed E-state index contributed by atoms with van der Waals surface area (Å²) in [4.78, 5) is 0.222. The maximum absolute atomic E-state index is 12.4. The van der Waals surface area contributed by atoms with Gasteiger partial charge in [0.15, 0.2) is 0 Å². The third-order valence-electron chi connectivity index (χ3n) is 3.72. The highest BCUT2D eigenvalue weighted by Crippen LogP contribution is 2.18. The predicted molar refractivity (Wildman–Crippen MR) is 76.7 cm³/mol. The zero-order chi connectivity index (χ0) is 14.8. The molecule has 0 aliphatic carbocycles. The predicted octanol–water partition coefficient (Wildman–Crippen LogP) is 1.14. The molecule has 1 heterocycles. The molecule has 0 aromatic heterocycles. The number of piperidine rings is 1. The van der Waals surface area contributed by atoms with E-state index in [0.29, 0.717) is 11.1 Å². The molecule has 1 fully saturated rings. The second-order valence-electron chi connectivity index (χ2n) is 5.29. The van der Waals surface area contributed by atoms with E-state index in [1.165, 1.54) is 6.07 Å². The van der Waals surface area contributed by atoms with Gasteiger partial charge >= 0.3 is 0 Å². The smallest absolute Gasteiger partial charge is 0.240 e. The van der Waals surface area contributed by atoms with Crippen LogP contribution in [-0.4, -0.2) is 27.5 Å². The number of aryl methyl sites for hydroxylation is 1. The second kappa shape index (κ2) is 5.92. The molecule has 1 aromatic carbocycles. The summed E-state index contributed by atoms with van der Waals surface area (Å²) in [7, 11) is -3.53. The van der Waals surface area contributed by atoms with Gasteiger partial charge in [0, 0.05) is 6.04 Å². The van der Waals surface area contributed by atoms with Gasteiger partial charge in [-0.3, -0.25) is 0 Å². The first-order valence-electron chi connectivity index (χ1n) is 6.68. The van der Waals surface area contributed by atoms with Gasteiger partial charge in [0.05, 0.1) is 16.5 Å². The topological polar surface area (TPSA) is 82.0 Å². The second-order valence-corrected chi connectivity index (χ2v) is 7.00. The van der Waals surface area contributed by atoms with Crippen LogP contribution in [0.1, 0.15) is 24.5 Å². The monoisotopic (exact) mass is 293 g/mol. The molecule has 2 atom stereocenters. The zero-order valence-corrected chi connectivity index (χ0v) is 12.5. The van der Waals surface area contributed by atoms with Crippen LogP contribution in [0, 0.1) is 24.2 Å². The molecule has 2 rings (SSSR count). The van der Waals surface area contributed by atoms with E-state index in [9.17, 15) is 8.42 Å². The highest BCUT2D eigenvalue weighted by molar-refractivity contribution is 7.89. The summed E-state index contributed by atoms with van der Waals surface area (Å²) in [6, 6.07) is 6.58. The molecule has 2 unspecified atom stereocenters. The first-order chi connectivity index (χ1) is 9.44. The molecule has 20 heavy (non-hydrogen) atoms. The van der Waals surface area contributed by atoms with Gasteiger partial charge in [-0.05, 0) is 56.1 Å².